The number of imidazole rings is 1. The molecule has 0 amide bonds. The molecule has 1 aromatic rings. The Morgan fingerprint density at radius 3 is 2.88 bits per heavy atom. The first kappa shape index (κ1) is 5.24. The molecule has 41 valence electrons. The molecule has 0 aliphatic heterocycles. The average molecular weight is 126 g/mol. The fraction of sp³-hybridized carbons (Fsp3) is 0. The highest BCUT2D eigenvalue weighted by atomic mass is 32.1. The fourth-order valence-corrected chi connectivity index (χ4v) is 0.453. The summed E-state index contributed by atoms with van der Waals surface area (Å²) in [6.07, 6.45) is 5.75. The predicted octanol–water partition coefficient (Wildman–Crippen LogP) is -0.225. The van der Waals surface area contributed by atoms with Crippen molar-refractivity contribution in [3.8, 4) is 0 Å². The number of thiocarbonyl (C=S) groups is 1. The van der Waals surface area contributed by atoms with Crippen molar-refractivity contribution >= 4 is 17.3 Å². The third-order valence-corrected chi connectivity index (χ3v) is 0.890. The zero-order valence-electron chi connectivity index (χ0n) is 4.03. The van der Waals surface area contributed by atoms with Gasteiger partial charge in [-0.15, -0.1) is 0 Å². The van der Waals surface area contributed by atoms with Gasteiger partial charge in [0.15, 0.2) is 11.4 Å². The second-order valence-corrected chi connectivity index (χ2v) is 1.65. The van der Waals surface area contributed by atoms with E-state index in [1.807, 2.05) is 0 Å². The van der Waals surface area contributed by atoms with Crippen LogP contribution in [0.2, 0.25) is 0 Å². The molecule has 0 saturated carbocycles. The van der Waals surface area contributed by atoms with Gasteiger partial charge in [-0.1, -0.05) is 0 Å². The van der Waals surface area contributed by atoms with Crippen molar-refractivity contribution in [2.75, 3.05) is 0 Å². The van der Waals surface area contributed by atoms with Crippen molar-refractivity contribution in [2.24, 2.45) is 5.73 Å². The van der Waals surface area contributed by atoms with E-state index in [0.29, 0.717) is 0 Å². The van der Waals surface area contributed by atoms with Crippen LogP contribution in [-0.4, -0.2) is 14.7 Å². The van der Waals surface area contributed by atoms with Crippen LogP contribution in [-0.2, 0) is 0 Å². The molecule has 0 unspecified atom stereocenters. The standard InChI is InChI=1S/C4H4N3S/c5-4(8)7-2-1-6-3-7/h1-2H,(H2,5,8). The third kappa shape index (κ3) is 0.840. The summed E-state index contributed by atoms with van der Waals surface area (Å²) in [7, 11) is 0. The summed E-state index contributed by atoms with van der Waals surface area (Å²) in [5, 5.41) is 0.266. The number of hydrogen-bond donors (Lipinski definition) is 1. The van der Waals surface area contributed by atoms with E-state index >= 15 is 0 Å². The summed E-state index contributed by atoms with van der Waals surface area (Å²) >= 11 is 4.59. The minimum Gasteiger partial charge on any atom is -0.376 e. The van der Waals surface area contributed by atoms with E-state index in [2.05, 4.69) is 23.5 Å². The lowest BCUT2D eigenvalue weighted by Gasteiger charge is -1.90. The van der Waals surface area contributed by atoms with E-state index in [9.17, 15) is 0 Å². The molecule has 1 aromatic heterocycles. The quantitative estimate of drug-likeness (QED) is 0.488. The molecule has 0 bridgehead atoms. The van der Waals surface area contributed by atoms with Crippen LogP contribution < -0.4 is 5.73 Å². The molecule has 0 fully saturated rings. The van der Waals surface area contributed by atoms with Crippen LogP contribution in [0.4, 0.5) is 0 Å². The number of aromatic nitrogens is 2. The Kier molecular flexibility index (Phi) is 1.26. The number of nitrogens with two attached hydrogens (primary N) is 1. The van der Waals surface area contributed by atoms with Gasteiger partial charge in [0, 0.05) is 12.4 Å². The lowest BCUT2D eigenvalue weighted by atomic mass is 10.9. The Hall–Kier alpha value is -0.900. The van der Waals surface area contributed by atoms with E-state index in [4.69, 9.17) is 5.73 Å². The fourth-order valence-electron chi connectivity index (χ4n) is 0.352. The zero-order chi connectivity index (χ0) is 5.98. The molecule has 0 spiro atoms. The smallest absolute Gasteiger partial charge is 0.183 e. The maximum absolute atomic E-state index is 5.18. The Balaban J connectivity index is 2.93. The summed E-state index contributed by atoms with van der Waals surface area (Å²) in [6, 6.07) is 0. The molecule has 4 heteroatoms. The van der Waals surface area contributed by atoms with Gasteiger partial charge in [-0.05, 0) is 12.2 Å². The highest BCUT2D eigenvalue weighted by molar-refractivity contribution is 7.80. The molecule has 1 radical (unpaired) electrons. The Morgan fingerprint density at radius 1 is 1.88 bits per heavy atom. The van der Waals surface area contributed by atoms with Crippen LogP contribution in [0.3, 0.4) is 0 Å². The van der Waals surface area contributed by atoms with Crippen molar-refractivity contribution in [2.45, 2.75) is 0 Å². The van der Waals surface area contributed by atoms with Gasteiger partial charge in [-0.2, -0.15) is 0 Å². The van der Waals surface area contributed by atoms with Gasteiger partial charge >= 0.3 is 0 Å². The minimum absolute atomic E-state index is 0.266. The second-order valence-electron chi connectivity index (χ2n) is 1.24. The first-order valence-corrected chi connectivity index (χ1v) is 2.42. The van der Waals surface area contributed by atoms with Crippen LogP contribution in [0.1, 0.15) is 0 Å². The summed E-state index contributed by atoms with van der Waals surface area (Å²) < 4.78 is 1.44. The van der Waals surface area contributed by atoms with Crippen molar-refractivity contribution in [1.82, 2.24) is 9.55 Å². The van der Waals surface area contributed by atoms with Gasteiger partial charge in [0.1, 0.15) is 0 Å². The van der Waals surface area contributed by atoms with Gasteiger partial charge in [0.25, 0.3) is 0 Å². The largest absolute Gasteiger partial charge is 0.376 e. The van der Waals surface area contributed by atoms with Crippen molar-refractivity contribution in [3.63, 3.8) is 0 Å². The molecular formula is C4H4N3S. The summed E-state index contributed by atoms with van der Waals surface area (Å²) in [5.74, 6) is 0. The van der Waals surface area contributed by atoms with Crippen LogP contribution >= 0.6 is 12.2 Å². The number of nitrogens with zero attached hydrogens (tertiary/aromatic N) is 2. The molecule has 2 N–H and O–H groups in total. The zero-order valence-corrected chi connectivity index (χ0v) is 4.85. The summed E-state index contributed by atoms with van der Waals surface area (Å²) in [4.78, 5) is 3.61. The summed E-state index contributed by atoms with van der Waals surface area (Å²) in [6.45, 7) is 0. The number of hydrogen-bond acceptors (Lipinski definition) is 2. The SMILES string of the molecule is NC(=S)n1[c]ncc1. The van der Waals surface area contributed by atoms with Crippen molar-refractivity contribution in [3.05, 3.63) is 18.7 Å². The van der Waals surface area contributed by atoms with E-state index in [-0.39, 0.29) is 5.11 Å². The predicted molar refractivity (Wildman–Crippen MR) is 33.2 cm³/mol. The first-order chi connectivity index (χ1) is 3.80. The minimum atomic E-state index is 0.266. The van der Waals surface area contributed by atoms with Crippen LogP contribution in [0.5, 0.6) is 0 Å². The Bertz CT molecular complexity index is 179. The maximum Gasteiger partial charge on any atom is 0.183 e. The molecule has 0 aliphatic carbocycles. The molecular weight excluding hydrogens is 122 g/mol. The highest BCUT2D eigenvalue weighted by Crippen LogP contribution is 1.79. The lowest BCUT2D eigenvalue weighted by Crippen LogP contribution is -2.17. The number of rotatable bonds is 0. The highest BCUT2D eigenvalue weighted by Gasteiger charge is 1.87. The Morgan fingerprint density at radius 2 is 2.62 bits per heavy atom. The van der Waals surface area contributed by atoms with E-state index < -0.39 is 0 Å². The average Bonchev–Trinajstić information content (AvgIpc) is 2.12. The molecule has 8 heavy (non-hydrogen) atoms. The van der Waals surface area contributed by atoms with E-state index in [1.54, 1.807) is 12.4 Å². The van der Waals surface area contributed by atoms with Gasteiger partial charge in [-0.3, -0.25) is 4.57 Å². The van der Waals surface area contributed by atoms with Crippen LogP contribution in [0, 0.1) is 6.33 Å². The van der Waals surface area contributed by atoms with Gasteiger partial charge < -0.3 is 5.73 Å². The lowest BCUT2D eigenvalue weighted by molar-refractivity contribution is 1.12. The molecule has 3 nitrogen and oxygen atoms in total. The maximum atomic E-state index is 5.18. The molecule has 0 aromatic carbocycles. The molecule has 0 aliphatic rings. The van der Waals surface area contributed by atoms with Gasteiger partial charge in [0.2, 0.25) is 0 Å². The van der Waals surface area contributed by atoms with Gasteiger partial charge in [0.05, 0.1) is 0 Å². The monoisotopic (exact) mass is 126 g/mol. The molecule has 1 heterocycles. The second kappa shape index (κ2) is 1.92. The van der Waals surface area contributed by atoms with E-state index in [0.717, 1.165) is 0 Å². The topological polar surface area (TPSA) is 43.8 Å². The van der Waals surface area contributed by atoms with Gasteiger partial charge in [-0.25, -0.2) is 4.98 Å². The van der Waals surface area contributed by atoms with Crippen LogP contribution in [0.25, 0.3) is 0 Å². The molecule has 1 rings (SSSR count). The van der Waals surface area contributed by atoms with Crippen molar-refractivity contribution in [1.29, 1.82) is 0 Å². The van der Waals surface area contributed by atoms with Crippen LogP contribution in [0.15, 0.2) is 12.4 Å². The third-order valence-electron chi connectivity index (χ3n) is 0.693. The van der Waals surface area contributed by atoms with E-state index in [1.165, 1.54) is 4.57 Å². The van der Waals surface area contributed by atoms with Crippen molar-refractivity contribution < 1.29 is 0 Å². The summed E-state index contributed by atoms with van der Waals surface area (Å²) in [5.41, 5.74) is 5.18. The Labute approximate surface area is 52.1 Å². The molecule has 0 atom stereocenters. The first-order valence-electron chi connectivity index (χ1n) is 2.01. The molecule has 0 saturated heterocycles. The normalized spacial score (nSPS) is 9.00.